The van der Waals surface area contributed by atoms with Crippen molar-refractivity contribution in [3.63, 3.8) is 0 Å². The van der Waals surface area contributed by atoms with E-state index in [1.165, 1.54) is 0 Å². The van der Waals surface area contributed by atoms with Crippen LogP contribution < -0.4 is 10.1 Å². The van der Waals surface area contributed by atoms with Crippen molar-refractivity contribution in [1.82, 2.24) is 20.2 Å². The molecule has 7 heteroatoms. The van der Waals surface area contributed by atoms with E-state index in [1.807, 2.05) is 48.5 Å². The fraction of sp³-hybridized carbons (Fsp3) is 0.176. The normalized spacial score (nSPS) is 15.6. The first-order valence-corrected chi connectivity index (χ1v) is 7.58. The highest BCUT2D eigenvalue weighted by Crippen LogP contribution is 2.34. The average Bonchev–Trinajstić information content (AvgIpc) is 3.21. The molecule has 2 heterocycles. The summed E-state index contributed by atoms with van der Waals surface area (Å²) in [7, 11) is 1.77. The monoisotopic (exact) mass is 321 g/mol. The summed E-state index contributed by atoms with van der Waals surface area (Å²) in [6.07, 6.45) is 0. The minimum atomic E-state index is -0.304. The Bertz CT molecular complexity index is 905. The number of para-hydroxylation sites is 1. The molecule has 1 atom stereocenters. The predicted molar refractivity (Wildman–Crippen MR) is 87.5 cm³/mol. The molecule has 1 aliphatic heterocycles. The molecule has 7 nitrogen and oxygen atoms in total. The van der Waals surface area contributed by atoms with Gasteiger partial charge in [-0.3, -0.25) is 4.79 Å². The number of benzene rings is 2. The molecular weight excluding hydrogens is 306 g/mol. The van der Waals surface area contributed by atoms with Crippen molar-refractivity contribution in [2.45, 2.75) is 5.92 Å². The van der Waals surface area contributed by atoms with Crippen LogP contribution in [0.5, 0.6) is 5.75 Å². The SMILES string of the molecule is Cn1nnnc1-c1cccc(NC(=O)C2COc3ccccc32)c1. The van der Waals surface area contributed by atoms with Gasteiger partial charge in [0.05, 0.1) is 0 Å². The van der Waals surface area contributed by atoms with Crippen LogP contribution in [0.2, 0.25) is 0 Å². The molecule has 0 saturated heterocycles. The molecule has 0 aliphatic carbocycles. The number of carbonyl (C=O) groups is 1. The molecule has 120 valence electrons. The number of tetrazole rings is 1. The zero-order valence-corrected chi connectivity index (χ0v) is 13.0. The van der Waals surface area contributed by atoms with Crippen molar-refractivity contribution in [2.24, 2.45) is 7.05 Å². The van der Waals surface area contributed by atoms with Crippen LogP contribution in [0.4, 0.5) is 5.69 Å². The fourth-order valence-electron chi connectivity index (χ4n) is 2.82. The molecule has 0 saturated carbocycles. The second-order valence-electron chi connectivity index (χ2n) is 5.60. The third kappa shape index (κ3) is 2.50. The van der Waals surface area contributed by atoms with E-state index in [0.717, 1.165) is 16.9 Å². The van der Waals surface area contributed by atoms with Crippen LogP contribution in [-0.4, -0.2) is 32.7 Å². The van der Waals surface area contributed by atoms with Gasteiger partial charge in [0.15, 0.2) is 5.82 Å². The summed E-state index contributed by atoms with van der Waals surface area (Å²) in [5.41, 5.74) is 2.46. The largest absolute Gasteiger partial charge is 0.492 e. The smallest absolute Gasteiger partial charge is 0.235 e. The summed E-state index contributed by atoms with van der Waals surface area (Å²) in [5, 5.41) is 14.4. The Morgan fingerprint density at radius 1 is 1.25 bits per heavy atom. The second kappa shape index (κ2) is 5.77. The number of rotatable bonds is 3. The van der Waals surface area contributed by atoms with Gasteiger partial charge in [-0.25, -0.2) is 4.68 Å². The summed E-state index contributed by atoms with van der Waals surface area (Å²) in [6, 6.07) is 15.1. The van der Waals surface area contributed by atoms with Crippen LogP contribution in [0.15, 0.2) is 48.5 Å². The Morgan fingerprint density at radius 3 is 2.96 bits per heavy atom. The Labute approximate surface area is 138 Å². The van der Waals surface area contributed by atoms with E-state index < -0.39 is 0 Å². The predicted octanol–water partition coefficient (Wildman–Crippen LogP) is 1.99. The minimum Gasteiger partial charge on any atom is -0.492 e. The number of aromatic nitrogens is 4. The van der Waals surface area contributed by atoms with Crippen molar-refractivity contribution in [3.8, 4) is 17.1 Å². The van der Waals surface area contributed by atoms with Crippen LogP contribution in [0.3, 0.4) is 0 Å². The maximum Gasteiger partial charge on any atom is 0.235 e. The molecule has 3 aromatic rings. The number of fused-ring (bicyclic) bond motifs is 1. The molecule has 1 aromatic heterocycles. The second-order valence-corrected chi connectivity index (χ2v) is 5.60. The molecular formula is C17H15N5O2. The summed E-state index contributed by atoms with van der Waals surface area (Å²) in [6.45, 7) is 0.359. The number of anilines is 1. The van der Waals surface area contributed by atoms with Crippen molar-refractivity contribution < 1.29 is 9.53 Å². The number of carbonyl (C=O) groups excluding carboxylic acids is 1. The Morgan fingerprint density at radius 2 is 2.12 bits per heavy atom. The van der Waals surface area contributed by atoms with Gasteiger partial charge in [-0.1, -0.05) is 30.3 Å². The van der Waals surface area contributed by atoms with Crippen LogP contribution in [0.25, 0.3) is 11.4 Å². The first-order valence-electron chi connectivity index (χ1n) is 7.58. The maximum atomic E-state index is 12.6. The highest BCUT2D eigenvalue weighted by Gasteiger charge is 2.30. The topological polar surface area (TPSA) is 81.9 Å². The van der Waals surface area contributed by atoms with Gasteiger partial charge in [-0.05, 0) is 28.6 Å². The van der Waals surface area contributed by atoms with E-state index in [9.17, 15) is 4.79 Å². The van der Waals surface area contributed by atoms with Crippen LogP contribution in [-0.2, 0) is 11.8 Å². The van der Waals surface area contributed by atoms with Gasteiger partial charge in [-0.2, -0.15) is 0 Å². The number of hydrogen-bond acceptors (Lipinski definition) is 5. The zero-order chi connectivity index (χ0) is 16.5. The van der Waals surface area contributed by atoms with Crippen molar-refractivity contribution >= 4 is 11.6 Å². The highest BCUT2D eigenvalue weighted by atomic mass is 16.5. The zero-order valence-electron chi connectivity index (χ0n) is 13.0. The van der Waals surface area contributed by atoms with Crippen LogP contribution in [0.1, 0.15) is 11.5 Å². The summed E-state index contributed by atoms with van der Waals surface area (Å²) >= 11 is 0. The van der Waals surface area contributed by atoms with Crippen molar-refractivity contribution in [2.75, 3.05) is 11.9 Å². The molecule has 1 amide bonds. The van der Waals surface area contributed by atoms with Crippen LogP contribution >= 0.6 is 0 Å². The fourth-order valence-corrected chi connectivity index (χ4v) is 2.82. The number of nitrogens with one attached hydrogen (secondary N) is 1. The molecule has 1 unspecified atom stereocenters. The standard InChI is InChI=1S/C17H15N5O2/c1-22-16(19-20-21-22)11-5-4-6-12(9-11)18-17(23)14-10-24-15-8-3-2-7-13(14)15/h2-9,14H,10H2,1H3,(H,18,23). The van der Waals surface area contributed by atoms with Crippen LogP contribution in [0, 0.1) is 0 Å². The van der Waals surface area contributed by atoms with Gasteiger partial charge in [0.1, 0.15) is 18.3 Å². The van der Waals surface area contributed by atoms with E-state index >= 15 is 0 Å². The van der Waals surface area contributed by atoms with Gasteiger partial charge in [0, 0.05) is 23.9 Å². The van der Waals surface area contributed by atoms with E-state index in [2.05, 4.69) is 20.8 Å². The third-order valence-electron chi connectivity index (χ3n) is 4.02. The molecule has 4 rings (SSSR count). The maximum absolute atomic E-state index is 12.6. The summed E-state index contributed by atoms with van der Waals surface area (Å²) in [5.74, 6) is 1.02. The first-order chi connectivity index (χ1) is 11.7. The van der Waals surface area contributed by atoms with Gasteiger partial charge in [-0.15, -0.1) is 5.10 Å². The Balaban J connectivity index is 1.56. The third-order valence-corrected chi connectivity index (χ3v) is 4.02. The summed E-state index contributed by atoms with van der Waals surface area (Å²) in [4.78, 5) is 12.6. The molecule has 24 heavy (non-hydrogen) atoms. The van der Waals surface area contributed by atoms with Gasteiger partial charge >= 0.3 is 0 Å². The van der Waals surface area contributed by atoms with Gasteiger partial charge in [0.25, 0.3) is 0 Å². The molecule has 0 spiro atoms. The van der Waals surface area contributed by atoms with Gasteiger partial charge < -0.3 is 10.1 Å². The van der Waals surface area contributed by atoms with E-state index in [-0.39, 0.29) is 11.8 Å². The number of amides is 1. The highest BCUT2D eigenvalue weighted by molar-refractivity contribution is 5.97. The lowest BCUT2D eigenvalue weighted by molar-refractivity contribution is -0.117. The molecule has 2 aromatic carbocycles. The quantitative estimate of drug-likeness (QED) is 0.798. The molecule has 1 N–H and O–H groups in total. The number of aryl methyl sites for hydroxylation is 1. The van der Waals surface area contributed by atoms with Crippen molar-refractivity contribution in [3.05, 3.63) is 54.1 Å². The number of nitrogens with zero attached hydrogens (tertiary/aromatic N) is 4. The van der Waals surface area contributed by atoms with E-state index in [4.69, 9.17) is 4.74 Å². The molecule has 0 bridgehead atoms. The minimum absolute atomic E-state index is 0.0896. The summed E-state index contributed by atoms with van der Waals surface area (Å²) < 4.78 is 7.16. The molecule has 1 aliphatic rings. The Kier molecular flexibility index (Phi) is 3.45. The first kappa shape index (κ1) is 14.4. The number of ether oxygens (including phenoxy) is 1. The molecule has 0 radical (unpaired) electrons. The van der Waals surface area contributed by atoms with Crippen molar-refractivity contribution in [1.29, 1.82) is 0 Å². The lowest BCUT2D eigenvalue weighted by Crippen LogP contribution is -2.22. The van der Waals surface area contributed by atoms with Gasteiger partial charge in [0.2, 0.25) is 5.91 Å². The lowest BCUT2D eigenvalue weighted by Gasteiger charge is -2.11. The average molecular weight is 321 g/mol. The number of hydrogen-bond donors (Lipinski definition) is 1. The lowest BCUT2D eigenvalue weighted by atomic mass is 10.0. The molecule has 0 fully saturated rings. The van der Waals surface area contributed by atoms with E-state index in [0.29, 0.717) is 18.1 Å². The Hall–Kier alpha value is -3.22. The van der Waals surface area contributed by atoms with E-state index in [1.54, 1.807) is 11.7 Å².